The summed E-state index contributed by atoms with van der Waals surface area (Å²) in [6, 6.07) is 13.9. The molecule has 0 aliphatic carbocycles. The van der Waals surface area contributed by atoms with Gasteiger partial charge in [0.05, 0.1) is 13.2 Å². The maximum atomic E-state index is 12.6. The van der Waals surface area contributed by atoms with Gasteiger partial charge in [0.2, 0.25) is 0 Å². The lowest BCUT2D eigenvalue weighted by atomic mass is 9.86. The molecule has 0 aliphatic rings. The van der Waals surface area contributed by atoms with Crippen LogP contribution >= 0.6 is 0 Å². The summed E-state index contributed by atoms with van der Waals surface area (Å²) < 4.78 is 5.34. The molecular weight excluding hydrogens is 322 g/mol. The van der Waals surface area contributed by atoms with Crippen LogP contribution in [0.1, 0.15) is 60.8 Å². The lowest BCUT2D eigenvalue weighted by molar-refractivity contribution is 0.0939. The van der Waals surface area contributed by atoms with Gasteiger partial charge in [0.1, 0.15) is 5.75 Å². The monoisotopic (exact) mass is 351 g/mol. The van der Waals surface area contributed by atoms with Crippen molar-refractivity contribution in [1.82, 2.24) is 5.32 Å². The molecule has 2 rings (SSSR count). The van der Waals surface area contributed by atoms with E-state index in [4.69, 9.17) is 4.74 Å². The molecule has 0 spiro atoms. The van der Waals surface area contributed by atoms with Gasteiger partial charge in [-0.25, -0.2) is 0 Å². The molecule has 138 valence electrons. The minimum Gasteiger partial charge on any atom is -0.496 e. The normalized spacial score (nSPS) is 12.3. The first-order valence-electron chi connectivity index (χ1n) is 8.95. The van der Waals surface area contributed by atoms with Gasteiger partial charge in [-0.2, -0.15) is 0 Å². The van der Waals surface area contributed by atoms with E-state index in [1.807, 2.05) is 19.1 Å². The van der Waals surface area contributed by atoms with E-state index >= 15 is 0 Å². The van der Waals surface area contributed by atoms with Gasteiger partial charge in [-0.1, -0.05) is 51.1 Å². The average molecular weight is 351 g/mol. The topological polar surface area (TPSA) is 38.3 Å². The Kier molecular flexibility index (Phi) is 6.25. The summed E-state index contributed by atoms with van der Waals surface area (Å²) in [6.45, 7) is 12.3. The fourth-order valence-electron chi connectivity index (χ4n) is 2.87. The Balaban J connectivity index is 2.13. The van der Waals surface area contributed by atoms with Crippen molar-refractivity contribution >= 4 is 5.91 Å². The fraction of sp³-hybridized carbons (Fsp3) is 0.348. The van der Waals surface area contributed by atoms with Crippen LogP contribution in [0.5, 0.6) is 5.75 Å². The third-order valence-corrected chi connectivity index (χ3v) is 4.53. The number of hydrogen-bond donors (Lipinski definition) is 1. The summed E-state index contributed by atoms with van der Waals surface area (Å²) in [5.41, 5.74) is 4.07. The predicted molar refractivity (Wildman–Crippen MR) is 108 cm³/mol. The summed E-state index contributed by atoms with van der Waals surface area (Å²) in [5.74, 6) is 0.678. The molecule has 2 aromatic rings. The van der Waals surface area contributed by atoms with E-state index in [0.717, 1.165) is 16.9 Å². The summed E-state index contributed by atoms with van der Waals surface area (Å²) in [7, 11) is 1.63. The van der Waals surface area contributed by atoms with E-state index in [1.54, 1.807) is 19.3 Å². The van der Waals surface area contributed by atoms with Gasteiger partial charge in [0.15, 0.2) is 0 Å². The van der Waals surface area contributed by atoms with E-state index in [2.05, 4.69) is 56.9 Å². The van der Waals surface area contributed by atoms with Crippen molar-refractivity contribution in [2.45, 2.75) is 45.6 Å². The molecule has 0 saturated heterocycles. The molecule has 0 saturated carbocycles. The predicted octanol–water partition coefficient (Wildman–Crippen LogP) is 5.21. The van der Waals surface area contributed by atoms with Gasteiger partial charge in [-0.3, -0.25) is 4.79 Å². The van der Waals surface area contributed by atoms with Crippen molar-refractivity contribution < 1.29 is 9.53 Å². The van der Waals surface area contributed by atoms with Gasteiger partial charge >= 0.3 is 0 Å². The quantitative estimate of drug-likeness (QED) is 0.725. The Hall–Kier alpha value is -2.55. The third-order valence-electron chi connectivity index (χ3n) is 4.53. The largest absolute Gasteiger partial charge is 0.496 e. The highest BCUT2D eigenvalue weighted by Crippen LogP contribution is 2.25. The lowest BCUT2D eigenvalue weighted by Crippen LogP contribution is -2.26. The molecule has 1 atom stereocenters. The van der Waals surface area contributed by atoms with Gasteiger partial charge < -0.3 is 10.1 Å². The first-order chi connectivity index (χ1) is 12.3. The first-order valence-corrected chi connectivity index (χ1v) is 8.95. The van der Waals surface area contributed by atoms with Crippen LogP contribution in [0.3, 0.4) is 0 Å². The van der Waals surface area contributed by atoms with Crippen LogP contribution in [-0.4, -0.2) is 13.0 Å². The number of allylic oxidation sites excluding steroid dienone is 1. The molecule has 0 unspecified atom stereocenters. The molecule has 0 aromatic heterocycles. The van der Waals surface area contributed by atoms with Crippen LogP contribution in [0.25, 0.3) is 0 Å². The van der Waals surface area contributed by atoms with Crippen LogP contribution in [0.4, 0.5) is 0 Å². The Morgan fingerprint density at radius 2 is 1.85 bits per heavy atom. The van der Waals surface area contributed by atoms with Crippen molar-refractivity contribution in [2.75, 3.05) is 7.11 Å². The van der Waals surface area contributed by atoms with Gasteiger partial charge in [0.25, 0.3) is 5.91 Å². The molecule has 1 N–H and O–H groups in total. The number of carbonyl (C=O) groups is 1. The zero-order valence-electron chi connectivity index (χ0n) is 16.4. The summed E-state index contributed by atoms with van der Waals surface area (Å²) >= 11 is 0. The molecular formula is C23H29NO2. The Morgan fingerprint density at radius 1 is 1.19 bits per heavy atom. The van der Waals surface area contributed by atoms with E-state index in [0.29, 0.717) is 12.0 Å². The second-order valence-electron chi connectivity index (χ2n) is 7.59. The highest BCUT2D eigenvalue weighted by Gasteiger charge is 2.16. The second kappa shape index (κ2) is 8.22. The maximum Gasteiger partial charge on any atom is 0.251 e. The number of rotatable bonds is 6. The Morgan fingerprint density at radius 3 is 2.38 bits per heavy atom. The fourth-order valence-corrected chi connectivity index (χ4v) is 2.87. The number of amides is 1. The number of carbonyl (C=O) groups excluding carboxylic acids is 1. The van der Waals surface area contributed by atoms with Gasteiger partial charge in [-0.15, -0.1) is 6.58 Å². The van der Waals surface area contributed by atoms with E-state index < -0.39 is 0 Å². The molecule has 0 radical (unpaired) electrons. The van der Waals surface area contributed by atoms with E-state index in [9.17, 15) is 4.79 Å². The van der Waals surface area contributed by atoms with Crippen LogP contribution in [0.2, 0.25) is 0 Å². The van der Waals surface area contributed by atoms with Crippen LogP contribution in [0, 0.1) is 0 Å². The lowest BCUT2D eigenvalue weighted by Gasteiger charge is -2.21. The summed E-state index contributed by atoms with van der Waals surface area (Å²) in [4.78, 5) is 12.6. The molecule has 3 nitrogen and oxygen atoms in total. The highest BCUT2D eigenvalue weighted by molar-refractivity contribution is 5.94. The molecule has 2 aromatic carbocycles. The number of benzene rings is 2. The van der Waals surface area contributed by atoms with Crippen LogP contribution < -0.4 is 10.1 Å². The minimum absolute atomic E-state index is 0.0681. The Bertz CT molecular complexity index is 770. The summed E-state index contributed by atoms with van der Waals surface area (Å²) in [5, 5.41) is 3.07. The van der Waals surface area contributed by atoms with Gasteiger partial charge in [0, 0.05) is 5.56 Å². The van der Waals surface area contributed by atoms with Crippen LogP contribution in [-0.2, 0) is 11.8 Å². The standard InChI is InChI=1S/C23H29NO2/c1-7-8-18-15-19(11-14-21(18)26-6)22(25)24-16(2)17-9-12-20(13-10-17)23(3,4)5/h7,9-16H,1,8H2,2-6H3,(H,24,25)/t16-/m0/s1. The van der Waals surface area contributed by atoms with Crippen molar-refractivity contribution in [3.8, 4) is 5.75 Å². The van der Waals surface area contributed by atoms with E-state index in [-0.39, 0.29) is 17.4 Å². The van der Waals surface area contributed by atoms with Crippen molar-refractivity contribution in [3.63, 3.8) is 0 Å². The summed E-state index contributed by atoms with van der Waals surface area (Å²) in [6.07, 6.45) is 2.47. The molecule has 1 amide bonds. The third kappa shape index (κ3) is 4.75. The first kappa shape index (κ1) is 19.8. The van der Waals surface area contributed by atoms with Gasteiger partial charge in [-0.05, 0) is 53.6 Å². The van der Waals surface area contributed by atoms with E-state index in [1.165, 1.54) is 5.56 Å². The maximum absolute atomic E-state index is 12.6. The SMILES string of the molecule is C=CCc1cc(C(=O)N[C@@H](C)c2ccc(C(C)(C)C)cc2)ccc1OC. The Labute approximate surface area is 157 Å². The second-order valence-corrected chi connectivity index (χ2v) is 7.59. The number of nitrogens with one attached hydrogen (secondary N) is 1. The molecule has 3 heteroatoms. The average Bonchev–Trinajstić information content (AvgIpc) is 2.61. The van der Waals surface area contributed by atoms with Crippen molar-refractivity contribution in [3.05, 3.63) is 77.4 Å². The number of ether oxygens (including phenoxy) is 1. The molecule has 0 heterocycles. The van der Waals surface area contributed by atoms with Crippen LogP contribution in [0.15, 0.2) is 55.1 Å². The molecule has 26 heavy (non-hydrogen) atoms. The zero-order chi connectivity index (χ0) is 19.3. The molecule has 0 aliphatic heterocycles. The molecule has 0 fully saturated rings. The minimum atomic E-state index is -0.0923. The molecule has 0 bridgehead atoms. The smallest absolute Gasteiger partial charge is 0.251 e. The highest BCUT2D eigenvalue weighted by atomic mass is 16.5. The van der Waals surface area contributed by atoms with Crippen molar-refractivity contribution in [2.24, 2.45) is 0 Å². The van der Waals surface area contributed by atoms with Crippen molar-refractivity contribution in [1.29, 1.82) is 0 Å². The number of methoxy groups -OCH3 is 1. The number of hydrogen-bond acceptors (Lipinski definition) is 2. The zero-order valence-corrected chi connectivity index (χ0v) is 16.4.